The molecule has 0 radical (unpaired) electrons. The molecule has 162 valence electrons. The minimum atomic E-state index is -0.191. The number of fused-ring (bicyclic) bond motifs is 1. The monoisotopic (exact) mass is 462 g/mol. The molecule has 4 nitrogen and oxygen atoms in total. The van der Waals surface area contributed by atoms with Crippen molar-refractivity contribution in [1.29, 1.82) is 0 Å². The Morgan fingerprint density at radius 2 is 1.75 bits per heavy atom. The van der Waals surface area contributed by atoms with Crippen LogP contribution in [0.4, 0.5) is 5.69 Å². The van der Waals surface area contributed by atoms with Gasteiger partial charge in [0.15, 0.2) is 0 Å². The highest BCUT2D eigenvalue weighted by atomic mass is 35.5. The summed E-state index contributed by atoms with van der Waals surface area (Å²) >= 11 is 7.35. The number of nitrogens with zero attached hydrogens (tertiary/aromatic N) is 1. The third-order valence-electron chi connectivity index (χ3n) is 5.16. The molecule has 0 aliphatic carbocycles. The van der Waals surface area contributed by atoms with Gasteiger partial charge in [0.25, 0.3) is 5.91 Å². The van der Waals surface area contributed by atoms with Crippen LogP contribution in [0, 0.1) is 6.92 Å². The maximum absolute atomic E-state index is 13.3. The van der Waals surface area contributed by atoms with Crippen LogP contribution in [0.2, 0.25) is 5.02 Å². The molecule has 0 saturated carbocycles. The second-order valence-electron chi connectivity index (χ2n) is 7.61. The van der Waals surface area contributed by atoms with E-state index in [1.54, 1.807) is 4.90 Å². The van der Waals surface area contributed by atoms with Crippen molar-refractivity contribution >= 4 is 46.9 Å². The molecular formula is C26H23ClN2O2S. The van der Waals surface area contributed by atoms with Crippen LogP contribution < -0.4 is 10.2 Å². The Labute approximate surface area is 197 Å². The summed E-state index contributed by atoms with van der Waals surface area (Å²) in [6.07, 6.45) is 2.58. The highest BCUT2D eigenvalue weighted by Gasteiger charge is 2.30. The van der Waals surface area contributed by atoms with E-state index in [0.717, 1.165) is 27.3 Å². The van der Waals surface area contributed by atoms with Crippen LogP contribution in [0.15, 0.2) is 82.6 Å². The molecule has 6 heteroatoms. The number of anilines is 1. The smallest absolute Gasteiger partial charge is 0.265 e. The molecule has 32 heavy (non-hydrogen) atoms. The van der Waals surface area contributed by atoms with Crippen molar-refractivity contribution < 1.29 is 9.59 Å². The number of amides is 2. The van der Waals surface area contributed by atoms with E-state index in [9.17, 15) is 9.59 Å². The number of thioether (sulfide) groups is 1. The van der Waals surface area contributed by atoms with Gasteiger partial charge in [-0.25, -0.2) is 0 Å². The van der Waals surface area contributed by atoms with Gasteiger partial charge in [0, 0.05) is 16.5 Å². The third kappa shape index (κ3) is 5.42. The van der Waals surface area contributed by atoms with Gasteiger partial charge in [-0.05, 0) is 54.8 Å². The predicted octanol–water partition coefficient (Wildman–Crippen LogP) is 5.49. The van der Waals surface area contributed by atoms with Crippen molar-refractivity contribution in [3.05, 3.63) is 99.4 Å². The first-order valence-electron chi connectivity index (χ1n) is 10.4. The van der Waals surface area contributed by atoms with Crippen LogP contribution in [0.1, 0.15) is 16.7 Å². The fourth-order valence-corrected chi connectivity index (χ4v) is 4.61. The number of hydrogen-bond acceptors (Lipinski definition) is 3. The lowest BCUT2D eigenvalue weighted by Crippen LogP contribution is -2.43. The zero-order valence-corrected chi connectivity index (χ0v) is 19.2. The zero-order chi connectivity index (χ0) is 22.5. The third-order valence-corrected chi connectivity index (χ3v) is 6.49. The van der Waals surface area contributed by atoms with Gasteiger partial charge in [-0.3, -0.25) is 14.5 Å². The first kappa shape index (κ1) is 22.2. The highest BCUT2D eigenvalue weighted by molar-refractivity contribution is 8.04. The molecule has 0 bridgehead atoms. The van der Waals surface area contributed by atoms with E-state index in [1.165, 1.54) is 11.8 Å². The van der Waals surface area contributed by atoms with Crippen LogP contribution in [0.5, 0.6) is 0 Å². The van der Waals surface area contributed by atoms with Crippen molar-refractivity contribution in [2.24, 2.45) is 0 Å². The lowest BCUT2D eigenvalue weighted by atomic mass is 10.1. The number of rotatable bonds is 6. The van der Waals surface area contributed by atoms with Gasteiger partial charge in [0.05, 0.1) is 10.6 Å². The average molecular weight is 463 g/mol. The molecule has 1 aliphatic rings. The normalized spacial score (nSPS) is 14.4. The summed E-state index contributed by atoms with van der Waals surface area (Å²) in [7, 11) is 0. The molecule has 0 fully saturated rings. The lowest BCUT2D eigenvalue weighted by Gasteiger charge is -2.29. The van der Waals surface area contributed by atoms with E-state index in [-0.39, 0.29) is 18.4 Å². The number of halogens is 1. The average Bonchev–Trinajstić information content (AvgIpc) is 2.79. The molecule has 1 heterocycles. The number of nitrogens with one attached hydrogen (secondary N) is 1. The first-order chi connectivity index (χ1) is 15.5. The highest BCUT2D eigenvalue weighted by Crippen LogP contribution is 2.41. The summed E-state index contributed by atoms with van der Waals surface area (Å²) in [6, 6.07) is 23.2. The van der Waals surface area contributed by atoms with E-state index >= 15 is 0 Å². The maximum Gasteiger partial charge on any atom is 0.265 e. The summed E-state index contributed by atoms with van der Waals surface area (Å²) in [6.45, 7) is 2.49. The number of carbonyl (C=O) groups excluding carboxylic acids is 2. The summed E-state index contributed by atoms with van der Waals surface area (Å²) in [4.78, 5) is 29.0. The number of aryl methyl sites for hydroxylation is 1. The molecule has 0 spiro atoms. The Hall–Kier alpha value is -3.02. The van der Waals surface area contributed by atoms with E-state index in [4.69, 9.17) is 11.6 Å². The van der Waals surface area contributed by atoms with Gasteiger partial charge in [-0.2, -0.15) is 0 Å². The number of benzene rings is 3. The summed E-state index contributed by atoms with van der Waals surface area (Å²) in [5.41, 5.74) is 3.97. The number of carbonyl (C=O) groups is 2. The SMILES string of the molecule is Cc1ccc(C=C2Sc3ccccc3N(CC(=O)NCCc3ccc(Cl)cc3)C2=O)cc1. The molecule has 1 N–H and O–H groups in total. The molecule has 0 aromatic heterocycles. The topological polar surface area (TPSA) is 49.4 Å². The second kappa shape index (κ2) is 10.1. The summed E-state index contributed by atoms with van der Waals surface area (Å²) < 4.78 is 0. The van der Waals surface area contributed by atoms with Gasteiger partial charge in [0.1, 0.15) is 6.54 Å². The van der Waals surface area contributed by atoms with Crippen molar-refractivity contribution in [3.8, 4) is 0 Å². The van der Waals surface area contributed by atoms with E-state index in [1.807, 2.05) is 85.8 Å². The molecule has 0 unspecified atom stereocenters. The van der Waals surface area contributed by atoms with Gasteiger partial charge >= 0.3 is 0 Å². The molecule has 0 atom stereocenters. The molecule has 4 rings (SSSR count). The minimum Gasteiger partial charge on any atom is -0.354 e. The lowest BCUT2D eigenvalue weighted by molar-refractivity contribution is -0.122. The Morgan fingerprint density at radius 1 is 1.03 bits per heavy atom. The van der Waals surface area contributed by atoms with Crippen molar-refractivity contribution in [2.75, 3.05) is 18.0 Å². The molecule has 2 amide bonds. The largest absolute Gasteiger partial charge is 0.354 e. The maximum atomic E-state index is 13.3. The van der Waals surface area contributed by atoms with Crippen LogP contribution in [0.3, 0.4) is 0 Å². The van der Waals surface area contributed by atoms with Crippen LogP contribution in [-0.2, 0) is 16.0 Å². The van der Waals surface area contributed by atoms with Crippen molar-refractivity contribution in [3.63, 3.8) is 0 Å². The molecule has 0 saturated heterocycles. The standard InChI is InChI=1S/C26H23ClN2O2S/c1-18-6-8-20(9-7-18)16-24-26(31)29(22-4-2-3-5-23(22)32-24)17-25(30)28-15-14-19-10-12-21(27)13-11-19/h2-13,16H,14-15,17H2,1H3,(H,28,30). The van der Waals surface area contributed by atoms with Crippen molar-refractivity contribution in [2.45, 2.75) is 18.2 Å². The Balaban J connectivity index is 1.47. The minimum absolute atomic E-state index is 0.0255. The predicted molar refractivity (Wildman–Crippen MR) is 132 cm³/mol. The molecule has 3 aromatic rings. The quantitative estimate of drug-likeness (QED) is 0.493. The molecule has 3 aromatic carbocycles. The van der Waals surface area contributed by atoms with Gasteiger partial charge in [-0.1, -0.05) is 77.5 Å². The Morgan fingerprint density at radius 3 is 2.50 bits per heavy atom. The van der Waals surface area contributed by atoms with Crippen LogP contribution in [0.25, 0.3) is 6.08 Å². The second-order valence-corrected chi connectivity index (χ2v) is 9.13. The summed E-state index contributed by atoms with van der Waals surface area (Å²) in [5, 5.41) is 3.61. The fraction of sp³-hybridized carbons (Fsp3) is 0.154. The van der Waals surface area contributed by atoms with Crippen LogP contribution >= 0.6 is 23.4 Å². The first-order valence-corrected chi connectivity index (χ1v) is 11.6. The van der Waals surface area contributed by atoms with E-state index in [0.29, 0.717) is 22.9 Å². The van der Waals surface area contributed by atoms with E-state index < -0.39 is 0 Å². The van der Waals surface area contributed by atoms with Gasteiger partial charge < -0.3 is 5.32 Å². The van der Waals surface area contributed by atoms with Gasteiger partial charge in [0.2, 0.25) is 5.91 Å². The molecule has 1 aliphatic heterocycles. The Kier molecular flexibility index (Phi) is 6.98. The van der Waals surface area contributed by atoms with Crippen LogP contribution in [-0.4, -0.2) is 24.9 Å². The Bertz CT molecular complexity index is 1160. The number of para-hydroxylation sites is 1. The van der Waals surface area contributed by atoms with Crippen molar-refractivity contribution in [1.82, 2.24) is 5.32 Å². The molecular weight excluding hydrogens is 440 g/mol. The number of hydrogen-bond donors (Lipinski definition) is 1. The van der Waals surface area contributed by atoms with E-state index in [2.05, 4.69) is 5.32 Å². The summed E-state index contributed by atoms with van der Waals surface area (Å²) in [5.74, 6) is -0.356. The van der Waals surface area contributed by atoms with Gasteiger partial charge in [-0.15, -0.1) is 0 Å². The fourth-order valence-electron chi connectivity index (χ4n) is 3.43. The zero-order valence-electron chi connectivity index (χ0n) is 17.7.